The van der Waals surface area contributed by atoms with Crippen molar-refractivity contribution in [2.24, 2.45) is 0 Å². The van der Waals surface area contributed by atoms with E-state index >= 15 is 0 Å². The summed E-state index contributed by atoms with van der Waals surface area (Å²) in [6, 6.07) is 8.17. The number of carbonyl (C=O) groups excluding carboxylic acids is 1. The molecule has 0 spiro atoms. The number of morpholine rings is 1. The molecule has 0 unspecified atom stereocenters. The number of nitrogens with one attached hydrogen (secondary N) is 1. The molecule has 1 saturated heterocycles. The van der Waals surface area contributed by atoms with Gasteiger partial charge < -0.3 is 15.0 Å². The average Bonchev–Trinajstić information content (AvgIpc) is 3.37. The number of carbonyl (C=O) groups is 1. The number of aromatic nitrogens is 3. The Bertz CT molecular complexity index is 935. The number of amides is 1. The number of aryl methyl sites for hydroxylation is 1. The third kappa shape index (κ3) is 4.88. The topological polar surface area (TPSA) is 80.2 Å². The van der Waals surface area contributed by atoms with Crippen LogP contribution in [0, 0.1) is 6.92 Å². The number of benzene rings is 1. The summed E-state index contributed by atoms with van der Waals surface area (Å²) in [5.41, 5.74) is 3.12. The Morgan fingerprint density at radius 2 is 2.04 bits per heavy atom. The Morgan fingerprint density at radius 3 is 2.82 bits per heavy atom. The second kappa shape index (κ2) is 8.99. The number of nitrogens with zero attached hydrogens (tertiary/aromatic N) is 4. The van der Waals surface area contributed by atoms with Crippen LogP contribution < -0.4 is 10.2 Å². The van der Waals surface area contributed by atoms with Crippen LogP contribution in [0.2, 0.25) is 0 Å². The molecule has 1 N–H and O–H groups in total. The molecule has 10 heteroatoms. The van der Waals surface area contributed by atoms with Crippen molar-refractivity contribution in [3.63, 3.8) is 0 Å². The Morgan fingerprint density at radius 1 is 1.25 bits per heavy atom. The van der Waals surface area contributed by atoms with E-state index in [0.29, 0.717) is 18.3 Å². The van der Waals surface area contributed by atoms with Crippen molar-refractivity contribution in [2.75, 3.05) is 42.3 Å². The number of thioether (sulfide) groups is 1. The van der Waals surface area contributed by atoms with Crippen molar-refractivity contribution in [1.82, 2.24) is 15.2 Å². The van der Waals surface area contributed by atoms with Gasteiger partial charge in [0.25, 0.3) is 0 Å². The molecule has 1 aliphatic heterocycles. The van der Waals surface area contributed by atoms with E-state index in [1.165, 1.54) is 40.0 Å². The number of hydrogen-bond acceptors (Lipinski definition) is 9. The second-order valence-corrected chi connectivity index (χ2v) is 9.23. The number of thiazole rings is 1. The largest absolute Gasteiger partial charge is 0.378 e. The standard InChI is InChI=1S/C18H19N5O2S3/c1-12-2-4-13(5-3-12)14-10-26-16(19-14)20-15(24)11-27-18-22-21-17(28-18)23-6-8-25-9-7-23/h2-5,10H,6-9,11H2,1H3,(H,19,20,24). The van der Waals surface area contributed by atoms with Gasteiger partial charge in [-0.2, -0.15) is 0 Å². The minimum absolute atomic E-state index is 0.0991. The molecule has 2 aromatic heterocycles. The maximum atomic E-state index is 12.2. The Labute approximate surface area is 175 Å². The van der Waals surface area contributed by atoms with Crippen molar-refractivity contribution in [3.05, 3.63) is 35.2 Å². The zero-order valence-electron chi connectivity index (χ0n) is 15.3. The molecular formula is C18H19N5O2S3. The van der Waals surface area contributed by atoms with Crippen molar-refractivity contribution in [2.45, 2.75) is 11.3 Å². The second-order valence-electron chi connectivity index (χ2n) is 6.19. The van der Waals surface area contributed by atoms with Gasteiger partial charge in [0.1, 0.15) is 0 Å². The molecule has 1 amide bonds. The first-order valence-electron chi connectivity index (χ1n) is 8.79. The normalized spacial score (nSPS) is 14.2. The van der Waals surface area contributed by atoms with Crippen LogP contribution in [0.15, 0.2) is 34.0 Å². The lowest BCUT2D eigenvalue weighted by molar-refractivity contribution is -0.113. The highest BCUT2D eigenvalue weighted by molar-refractivity contribution is 8.01. The van der Waals surface area contributed by atoms with Gasteiger partial charge >= 0.3 is 0 Å². The lowest BCUT2D eigenvalue weighted by Gasteiger charge is -2.25. The van der Waals surface area contributed by atoms with E-state index in [4.69, 9.17) is 4.74 Å². The molecule has 1 fully saturated rings. The lowest BCUT2D eigenvalue weighted by atomic mass is 10.1. The summed E-state index contributed by atoms with van der Waals surface area (Å²) >= 11 is 4.32. The molecule has 7 nitrogen and oxygen atoms in total. The summed E-state index contributed by atoms with van der Waals surface area (Å²) in [5.74, 6) is 0.176. The third-order valence-corrected chi connectivity index (χ3v) is 6.98. The van der Waals surface area contributed by atoms with Crippen LogP contribution >= 0.6 is 34.4 Å². The van der Waals surface area contributed by atoms with Crippen LogP contribution in [-0.2, 0) is 9.53 Å². The highest BCUT2D eigenvalue weighted by atomic mass is 32.2. The van der Waals surface area contributed by atoms with Gasteiger partial charge in [-0.3, -0.25) is 4.79 Å². The van der Waals surface area contributed by atoms with Crippen LogP contribution in [0.25, 0.3) is 11.3 Å². The number of hydrogen-bond donors (Lipinski definition) is 1. The van der Waals surface area contributed by atoms with Gasteiger partial charge in [0.15, 0.2) is 9.47 Å². The number of anilines is 2. The molecule has 28 heavy (non-hydrogen) atoms. The Balaban J connectivity index is 1.29. The molecule has 0 radical (unpaired) electrons. The molecule has 1 aromatic carbocycles. The summed E-state index contributed by atoms with van der Waals surface area (Å²) in [6.07, 6.45) is 0. The highest BCUT2D eigenvalue weighted by Crippen LogP contribution is 2.29. The fourth-order valence-corrected chi connectivity index (χ4v) is 5.04. The smallest absolute Gasteiger partial charge is 0.236 e. The van der Waals surface area contributed by atoms with E-state index in [0.717, 1.165) is 33.8 Å². The number of rotatable bonds is 6. The van der Waals surface area contributed by atoms with Crippen LogP contribution in [0.1, 0.15) is 5.56 Å². The minimum Gasteiger partial charge on any atom is -0.378 e. The molecule has 146 valence electrons. The maximum Gasteiger partial charge on any atom is 0.236 e. The molecule has 0 bridgehead atoms. The monoisotopic (exact) mass is 433 g/mol. The highest BCUT2D eigenvalue weighted by Gasteiger charge is 2.17. The Kier molecular flexibility index (Phi) is 6.20. The summed E-state index contributed by atoms with van der Waals surface area (Å²) in [7, 11) is 0. The lowest BCUT2D eigenvalue weighted by Crippen LogP contribution is -2.36. The van der Waals surface area contributed by atoms with Gasteiger partial charge in [0, 0.05) is 24.0 Å². The number of ether oxygens (including phenoxy) is 1. The van der Waals surface area contributed by atoms with Crippen molar-refractivity contribution in [1.29, 1.82) is 0 Å². The maximum absolute atomic E-state index is 12.2. The van der Waals surface area contributed by atoms with Gasteiger partial charge in [-0.25, -0.2) is 4.98 Å². The average molecular weight is 434 g/mol. The van der Waals surface area contributed by atoms with E-state index in [1.807, 2.05) is 17.5 Å². The molecule has 0 aliphatic carbocycles. The van der Waals surface area contributed by atoms with Crippen molar-refractivity contribution < 1.29 is 9.53 Å². The first-order chi connectivity index (χ1) is 13.7. The first-order valence-corrected chi connectivity index (χ1v) is 11.5. The quantitative estimate of drug-likeness (QED) is 0.596. The van der Waals surface area contributed by atoms with E-state index in [-0.39, 0.29) is 11.7 Å². The zero-order valence-corrected chi connectivity index (χ0v) is 17.7. The minimum atomic E-state index is -0.0991. The van der Waals surface area contributed by atoms with E-state index in [2.05, 4.69) is 44.5 Å². The molecular weight excluding hydrogens is 414 g/mol. The summed E-state index contributed by atoms with van der Waals surface area (Å²) in [4.78, 5) is 18.9. The molecule has 0 saturated carbocycles. The van der Waals surface area contributed by atoms with Crippen LogP contribution in [0.4, 0.5) is 10.3 Å². The third-order valence-electron chi connectivity index (χ3n) is 4.10. The van der Waals surface area contributed by atoms with Crippen LogP contribution in [0.5, 0.6) is 0 Å². The van der Waals surface area contributed by atoms with E-state index in [9.17, 15) is 4.79 Å². The summed E-state index contributed by atoms with van der Waals surface area (Å²) < 4.78 is 6.14. The molecule has 0 atom stereocenters. The molecule has 3 aromatic rings. The van der Waals surface area contributed by atoms with E-state index < -0.39 is 0 Å². The van der Waals surface area contributed by atoms with Crippen LogP contribution in [-0.4, -0.2) is 53.1 Å². The summed E-state index contributed by atoms with van der Waals surface area (Å²) in [5, 5.41) is 14.7. The molecule has 1 aliphatic rings. The molecule has 3 heterocycles. The fourth-order valence-electron chi connectivity index (χ4n) is 2.61. The van der Waals surface area contributed by atoms with Crippen LogP contribution in [0.3, 0.4) is 0 Å². The van der Waals surface area contributed by atoms with Gasteiger partial charge in [-0.15, -0.1) is 21.5 Å². The van der Waals surface area contributed by atoms with Crippen molar-refractivity contribution in [3.8, 4) is 11.3 Å². The summed E-state index contributed by atoms with van der Waals surface area (Å²) in [6.45, 7) is 5.13. The van der Waals surface area contributed by atoms with Crippen molar-refractivity contribution >= 4 is 50.6 Å². The predicted octanol–water partition coefficient (Wildman–Crippen LogP) is 3.54. The Hall–Kier alpha value is -2.01. The fraction of sp³-hybridized carbons (Fsp3) is 0.333. The van der Waals surface area contributed by atoms with Gasteiger partial charge in [-0.1, -0.05) is 52.9 Å². The predicted molar refractivity (Wildman–Crippen MR) is 115 cm³/mol. The van der Waals surface area contributed by atoms with Gasteiger partial charge in [0.2, 0.25) is 11.0 Å². The first kappa shape index (κ1) is 19.3. The van der Waals surface area contributed by atoms with Gasteiger partial charge in [0.05, 0.1) is 24.7 Å². The molecule has 4 rings (SSSR count). The SMILES string of the molecule is Cc1ccc(-c2csc(NC(=O)CSc3nnc(N4CCOCC4)s3)n2)cc1. The van der Waals surface area contributed by atoms with E-state index in [1.54, 1.807) is 0 Å². The van der Waals surface area contributed by atoms with Gasteiger partial charge in [-0.05, 0) is 6.92 Å². The zero-order chi connectivity index (χ0) is 19.3.